The molecular formula is C27H42N6. The van der Waals surface area contributed by atoms with Gasteiger partial charge in [0, 0.05) is 38.1 Å². The van der Waals surface area contributed by atoms with Crippen LogP contribution in [-0.4, -0.2) is 34.1 Å². The van der Waals surface area contributed by atoms with Gasteiger partial charge in [-0.15, -0.1) is 12.8 Å². The number of rotatable bonds is 10. The molecule has 0 amide bonds. The molecule has 33 heavy (non-hydrogen) atoms. The van der Waals surface area contributed by atoms with Crippen LogP contribution < -0.4 is 16.0 Å². The molecular weight excluding hydrogens is 408 g/mol. The number of nitrogens with one attached hydrogen (secondary N) is 3. The molecule has 3 N–H and O–H groups in total. The summed E-state index contributed by atoms with van der Waals surface area (Å²) in [5.41, 5.74) is 3.35. The lowest BCUT2D eigenvalue weighted by molar-refractivity contribution is 0.379. The van der Waals surface area contributed by atoms with Crippen molar-refractivity contribution in [1.29, 1.82) is 0 Å². The van der Waals surface area contributed by atoms with E-state index in [1.807, 2.05) is 12.4 Å². The van der Waals surface area contributed by atoms with Crippen LogP contribution in [0.4, 0.5) is 11.8 Å². The van der Waals surface area contributed by atoms with Gasteiger partial charge in [-0.1, -0.05) is 59.4 Å². The van der Waals surface area contributed by atoms with Gasteiger partial charge < -0.3 is 16.0 Å². The molecule has 1 saturated carbocycles. The van der Waals surface area contributed by atoms with Gasteiger partial charge in [-0.05, 0) is 36.3 Å². The van der Waals surface area contributed by atoms with Crippen LogP contribution in [0.1, 0.15) is 78.2 Å². The van der Waals surface area contributed by atoms with Crippen molar-refractivity contribution in [3.63, 3.8) is 0 Å². The fourth-order valence-corrected chi connectivity index (χ4v) is 3.85. The summed E-state index contributed by atoms with van der Waals surface area (Å²) >= 11 is 0. The van der Waals surface area contributed by atoms with Gasteiger partial charge in [0.15, 0.2) is 0 Å². The molecule has 3 rings (SSSR count). The topological polar surface area (TPSA) is 74.8 Å². The molecule has 0 unspecified atom stereocenters. The Balaban J connectivity index is 0.00000187. The molecule has 1 aliphatic rings. The first-order chi connectivity index (χ1) is 15.9. The summed E-state index contributed by atoms with van der Waals surface area (Å²) in [5, 5.41) is 10.6. The van der Waals surface area contributed by atoms with Crippen molar-refractivity contribution in [3.05, 3.63) is 30.1 Å². The Morgan fingerprint density at radius 2 is 1.79 bits per heavy atom. The number of aromatic nitrogens is 3. The molecule has 2 aromatic rings. The molecule has 2 heterocycles. The maximum absolute atomic E-state index is 4.83. The van der Waals surface area contributed by atoms with E-state index in [0.717, 1.165) is 49.6 Å². The number of nitrogens with zero attached hydrogens (tertiary/aromatic N) is 3. The molecule has 0 saturated heterocycles. The van der Waals surface area contributed by atoms with Gasteiger partial charge in [0.05, 0.1) is 11.3 Å². The van der Waals surface area contributed by atoms with Crippen molar-refractivity contribution in [3.8, 4) is 24.1 Å². The zero-order valence-corrected chi connectivity index (χ0v) is 21.0. The SMILES string of the molecule is C#C.CCCCNc1ncc(-c2ccc(CNCC(C)(C)C)cn2)c(NC2CCCCC2)n1. The summed E-state index contributed by atoms with van der Waals surface area (Å²) in [7, 11) is 0. The zero-order valence-electron chi connectivity index (χ0n) is 21.0. The predicted octanol–water partition coefficient (Wildman–Crippen LogP) is 5.88. The third kappa shape index (κ3) is 9.39. The van der Waals surface area contributed by atoms with Crippen molar-refractivity contribution in [1.82, 2.24) is 20.3 Å². The van der Waals surface area contributed by atoms with Crippen molar-refractivity contribution in [2.24, 2.45) is 5.41 Å². The second-order valence-electron chi connectivity index (χ2n) is 9.93. The molecule has 6 nitrogen and oxygen atoms in total. The maximum Gasteiger partial charge on any atom is 0.224 e. The van der Waals surface area contributed by atoms with E-state index in [-0.39, 0.29) is 5.41 Å². The molecule has 0 aliphatic heterocycles. The van der Waals surface area contributed by atoms with Gasteiger partial charge in [0.1, 0.15) is 5.82 Å². The second kappa shape index (κ2) is 13.8. The van der Waals surface area contributed by atoms with Crippen molar-refractivity contribution in [2.75, 3.05) is 23.7 Å². The van der Waals surface area contributed by atoms with Gasteiger partial charge in [-0.25, -0.2) is 4.98 Å². The van der Waals surface area contributed by atoms with E-state index in [9.17, 15) is 0 Å². The molecule has 0 atom stereocenters. The average Bonchev–Trinajstić information content (AvgIpc) is 2.81. The number of unbranched alkanes of at least 4 members (excludes halogenated alkanes) is 1. The van der Waals surface area contributed by atoms with Crippen LogP contribution in [0, 0.1) is 18.3 Å². The van der Waals surface area contributed by atoms with E-state index in [1.165, 1.54) is 37.7 Å². The molecule has 1 aliphatic carbocycles. The normalized spacial score (nSPS) is 14.2. The lowest BCUT2D eigenvalue weighted by Gasteiger charge is -2.24. The Hall–Kier alpha value is -2.65. The quantitative estimate of drug-likeness (QED) is 0.310. The number of anilines is 2. The molecule has 6 heteroatoms. The van der Waals surface area contributed by atoms with Gasteiger partial charge in [0.2, 0.25) is 5.95 Å². The van der Waals surface area contributed by atoms with E-state index in [0.29, 0.717) is 12.0 Å². The number of pyridine rings is 1. The summed E-state index contributed by atoms with van der Waals surface area (Å²) in [4.78, 5) is 14.1. The van der Waals surface area contributed by atoms with Crippen LogP contribution in [0.25, 0.3) is 11.3 Å². The Morgan fingerprint density at radius 3 is 2.42 bits per heavy atom. The highest BCUT2D eigenvalue weighted by Crippen LogP contribution is 2.29. The molecule has 0 aromatic carbocycles. The van der Waals surface area contributed by atoms with Gasteiger partial charge in [-0.3, -0.25) is 4.98 Å². The van der Waals surface area contributed by atoms with E-state index in [1.54, 1.807) is 0 Å². The lowest BCUT2D eigenvalue weighted by Crippen LogP contribution is -2.26. The standard InChI is InChI=1S/C25H40N6.C2H2/c1-5-6-14-27-24-29-17-21(23(31-24)30-20-10-8-7-9-11-20)22-13-12-19(16-28-22)15-26-18-25(2,3)4;1-2/h12-13,16-17,20,26H,5-11,14-15,18H2,1-4H3,(H2,27,29,30,31);1-2H. The van der Waals surface area contributed by atoms with Crippen molar-refractivity contribution in [2.45, 2.75) is 85.2 Å². The van der Waals surface area contributed by atoms with Gasteiger partial charge in [0.25, 0.3) is 0 Å². The van der Waals surface area contributed by atoms with Gasteiger partial charge in [-0.2, -0.15) is 4.98 Å². The molecule has 2 aromatic heterocycles. The maximum atomic E-state index is 4.83. The molecule has 1 fully saturated rings. The van der Waals surface area contributed by atoms with E-state index in [4.69, 9.17) is 9.97 Å². The van der Waals surface area contributed by atoms with E-state index < -0.39 is 0 Å². The lowest BCUT2D eigenvalue weighted by atomic mass is 9.95. The van der Waals surface area contributed by atoms with E-state index >= 15 is 0 Å². The summed E-state index contributed by atoms with van der Waals surface area (Å²) < 4.78 is 0. The van der Waals surface area contributed by atoms with E-state index in [2.05, 4.69) is 73.6 Å². The minimum absolute atomic E-state index is 0.275. The fraction of sp³-hybridized carbons (Fsp3) is 0.593. The highest BCUT2D eigenvalue weighted by molar-refractivity contribution is 5.72. The Morgan fingerprint density at radius 1 is 1.03 bits per heavy atom. The first-order valence-electron chi connectivity index (χ1n) is 12.3. The number of terminal acetylenes is 1. The molecule has 0 spiro atoms. The summed E-state index contributed by atoms with van der Waals surface area (Å²) in [6, 6.07) is 4.71. The summed E-state index contributed by atoms with van der Waals surface area (Å²) in [5.74, 6) is 1.59. The van der Waals surface area contributed by atoms with Crippen molar-refractivity contribution >= 4 is 11.8 Å². The third-order valence-electron chi connectivity index (χ3n) is 5.63. The van der Waals surface area contributed by atoms with Gasteiger partial charge >= 0.3 is 0 Å². The minimum atomic E-state index is 0.275. The minimum Gasteiger partial charge on any atom is -0.367 e. The summed E-state index contributed by atoms with van der Waals surface area (Å²) in [6.45, 7) is 11.6. The highest BCUT2D eigenvalue weighted by atomic mass is 15.1. The largest absolute Gasteiger partial charge is 0.367 e. The van der Waals surface area contributed by atoms with Crippen LogP contribution in [0.15, 0.2) is 24.5 Å². The van der Waals surface area contributed by atoms with Crippen LogP contribution in [0.3, 0.4) is 0 Å². The Bertz CT molecular complexity index is 832. The van der Waals surface area contributed by atoms with Crippen LogP contribution in [0.5, 0.6) is 0 Å². The zero-order chi connectivity index (χ0) is 24.1. The van der Waals surface area contributed by atoms with Crippen LogP contribution in [0.2, 0.25) is 0 Å². The summed E-state index contributed by atoms with van der Waals surface area (Å²) in [6.07, 6.45) is 20.5. The second-order valence-corrected chi connectivity index (χ2v) is 9.93. The number of hydrogen-bond donors (Lipinski definition) is 3. The third-order valence-corrected chi connectivity index (χ3v) is 5.63. The van der Waals surface area contributed by atoms with Crippen LogP contribution in [-0.2, 0) is 6.54 Å². The number of hydrogen-bond acceptors (Lipinski definition) is 6. The highest BCUT2D eigenvalue weighted by Gasteiger charge is 2.18. The molecule has 180 valence electrons. The Labute approximate surface area is 200 Å². The molecule has 0 bridgehead atoms. The fourth-order valence-electron chi connectivity index (χ4n) is 3.85. The first kappa shape index (κ1) is 26.6. The van der Waals surface area contributed by atoms with Crippen molar-refractivity contribution < 1.29 is 0 Å². The average molecular weight is 451 g/mol. The monoisotopic (exact) mass is 450 g/mol. The first-order valence-corrected chi connectivity index (χ1v) is 12.3. The smallest absolute Gasteiger partial charge is 0.224 e. The predicted molar refractivity (Wildman–Crippen MR) is 140 cm³/mol. The van der Waals surface area contributed by atoms with Crippen LogP contribution >= 0.6 is 0 Å². The molecule has 0 radical (unpaired) electrons. The Kier molecular flexibility index (Phi) is 11.1.